The number of anilines is 1. The highest BCUT2D eigenvalue weighted by atomic mass is 19.1. The molecular formula is C35H37FN4O. The topological polar surface area (TPSA) is 61.0 Å². The highest BCUT2D eigenvalue weighted by molar-refractivity contribution is 6.11. The standard InChI is InChI=1S/C35H37FN4O/c1-3-23-11-14-28(40-17-7-8-18-40)21-26(19-23)25-12-16-33-31(22-25)34(39-38-33)35(41)37-27-13-15-29(24(4-2)20-27)30-9-5-6-10-32(30)36/h5-6,9-10,12-16,20-23H,3-4,7-8,11,17-19H2,1-2H3,(H,37,41)(H,38,39). The van der Waals surface area contributed by atoms with Crippen LogP contribution in [0.4, 0.5) is 10.1 Å². The number of hydrogen-bond donors (Lipinski definition) is 2. The van der Waals surface area contributed by atoms with Crippen molar-refractivity contribution >= 4 is 28.1 Å². The number of H-pyrrole nitrogens is 1. The van der Waals surface area contributed by atoms with Crippen LogP contribution in [0.2, 0.25) is 0 Å². The molecule has 0 saturated carbocycles. The molecule has 1 amide bonds. The predicted molar refractivity (Wildman–Crippen MR) is 165 cm³/mol. The fraction of sp³-hybridized carbons (Fsp3) is 0.314. The van der Waals surface area contributed by atoms with E-state index in [0.717, 1.165) is 59.9 Å². The lowest BCUT2D eigenvalue weighted by Gasteiger charge is -2.19. The number of hydrogen-bond acceptors (Lipinski definition) is 3. The van der Waals surface area contributed by atoms with E-state index in [0.29, 0.717) is 29.3 Å². The summed E-state index contributed by atoms with van der Waals surface area (Å²) >= 11 is 0. The molecule has 6 heteroatoms. The van der Waals surface area contributed by atoms with Crippen molar-refractivity contribution in [1.82, 2.24) is 15.1 Å². The number of benzene rings is 3. The Bertz CT molecular complexity index is 1640. The van der Waals surface area contributed by atoms with Crippen LogP contribution in [0.3, 0.4) is 0 Å². The molecular weight excluding hydrogens is 511 g/mol. The number of carbonyl (C=O) groups excluding carboxylic acids is 1. The minimum Gasteiger partial charge on any atom is -0.372 e. The van der Waals surface area contributed by atoms with Crippen LogP contribution in [0.25, 0.3) is 27.6 Å². The predicted octanol–water partition coefficient (Wildman–Crippen LogP) is 8.37. The maximum Gasteiger partial charge on any atom is 0.276 e. The van der Waals surface area contributed by atoms with Gasteiger partial charge < -0.3 is 10.2 Å². The molecule has 2 aliphatic rings. The number of nitrogens with one attached hydrogen (secondary N) is 2. The monoisotopic (exact) mass is 548 g/mol. The maximum atomic E-state index is 14.5. The molecule has 6 rings (SSSR count). The van der Waals surface area contributed by atoms with Gasteiger partial charge in [-0.2, -0.15) is 5.10 Å². The quantitative estimate of drug-likeness (QED) is 0.244. The summed E-state index contributed by atoms with van der Waals surface area (Å²) in [6.45, 7) is 6.55. The molecule has 1 atom stereocenters. The van der Waals surface area contributed by atoms with E-state index in [1.807, 2.05) is 37.3 Å². The number of aromatic amines is 1. The lowest BCUT2D eigenvalue weighted by Crippen LogP contribution is -2.17. The zero-order valence-corrected chi connectivity index (χ0v) is 23.8. The fourth-order valence-electron chi connectivity index (χ4n) is 6.17. The number of carbonyl (C=O) groups is 1. The molecule has 3 aromatic carbocycles. The van der Waals surface area contributed by atoms with Gasteiger partial charge in [-0.1, -0.05) is 56.7 Å². The van der Waals surface area contributed by atoms with Crippen LogP contribution in [0.5, 0.6) is 0 Å². The van der Waals surface area contributed by atoms with Gasteiger partial charge in [0, 0.05) is 35.4 Å². The first kappa shape index (κ1) is 27.0. The molecule has 0 bridgehead atoms. The van der Waals surface area contributed by atoms with E-state index in [4.69, 9.17) is 0 Å². The van der Waals surface area contributed by atoms with Crippen LogP contribution in [0.15, 0.2) is 78.5 Å². The molecule has 1 aromatic heterocycles. The SMILES string of the molecule is CCc1cc(NC(=O)c2n[nH]c3ccc(C4=CC(N5CCCC5)=CCC(CC)C4)cc23)ccc1-c1ccccc1F. The van der Waals surface area contributed by atoms with Crippen molar-refractivity contribution in [2.45, 2.75) is 52.4 Å². The minimum atomic E-state index is -0.270. The summed E-state index contributed by atoms with van der Waals surface area (Å²) in [5, 5.41) is 11.3. The third-order valence-electron chi connectivity index (χ3n) is 8.60. The van der Waals surface area contributed by atoms with E-state index in [9.17, 15) is 9.18 Å². The van der Waals surface area contributed by atoms with Crippen LogP contribution < -0.4 is 5.32 Å². The molecule has 2 heterocycles. The second kappa shape index (κ2) is 11.7. The maximum absolute atomic E-state index is 14.5. The zero-order chi connectivity index (χ0) is 28.3. The van der Waals surface area contributed by atoms with Gasteiger partial charge in [-0.15, -0.1) is 0 Å². The molecule has 1 saturated heterocycles. The Hall–Kier alpha value is -4.19. The van der Waals surface area contributed by atoms with E-state index in [-0.39, 0.29) is 11.7 Å². The van der Waals surface area contributed by atoms with E-state index >= 15 is 0 Å². The number of nitrogens with zero attached hydrogens (tertiary/aromatic N) is 2. The van der Waals surface area contributed by atoms with Gasteiger partial charge in [-0.05, 0) is 96.7 Å². The number of rotatable bonds is 7. The number of amides is 1. The van der Waals surface area contributed by atoms with E-state index < -0.39 is 0 Å². The molecule has 1 aliphatic heterocycles. The Morgan fingerprint density at radius 2 is 1.88 bits per heavy atom. The largest absolute Gasteiger partial charge is 0.372 e. The number of allylic oxidation sites excluding steroid dienone is 3. The van der Waals surface area contributed by atoms with Crippen LogP contribution in [-0.2, 0) is 6.42 Å². The molecule has 2 N–H and O–H groups in total. The lowest BCUT2D eigenvalue weighted by molar-refractivity contribution is 0.102. The van der Waals surface area contributed by atoms with E-state index in [2.05, 4.69) is 51.6 Å². The Kier molecular flexibility index (Phi) is 7.73. The summed E-state index contributed by atoms with van der Waals surface area (Å²) in [5.74, 6) is 0.0761. The molecule has 0 radical (unpaired) electrons. The van der Waals surface area contributed by atoms with Crippen LogP contribution in [0, 0.1) is 11.7 Å². The normalized spacial score (nSPS) is 17.3. The molecule has 5 nitrogen and oxygen atoms in total. The summed E-state index contributed by atoms with van der Waals surface area (Å²) in [6.07, 6.45) is 11.3. The first-order valence-corrected chi connectivity index (χ1v) is 14.9. The number of aryl methyl sites for hydroxylation is 1. The van der Waals surface area contributed by atoms with E-state index in [1.54, 1.807) is 12.1 Å². The van der Waals surface area contributed by atoms with Crippen molar-refractivity contribution in [3.05, 3.63) is 101 Å². The number of aromatic nitrogens is 2. The van der Waals surface area contributed by atoms with Crippen LogP contribution >= 0.6 is 0 Å². The van der Waals surface area contributed by atoms with Gasteiger partial charge in [0.1, 0.15) is 5.82 Å². The third-order valence-corrected chi connectivity index (χ3v) is 8.60. The van der Waals surface area contributed by atoms with Crippen molar-refractivity contribution in [3.63, 3.8) is 0 Å². The van der Waals surface area contributed by atoms with Gasteiger partial charge in [-0.3, -0.25) is 9.89 Å². The van der Waals surface area contributed by atoms with Crippen molar-refractivity contribution in [1.29, 1.82) is 0 Å². The van der Waals surface area contributed by atoms with Crippen molar-refractivity contribution in [2.24, 2.45) is 5.92 Å². The highest BCUT2D eigenvalue weighted by Crippen LogP contribution is 2.35. The molecule has 210 valence electrons. The molecule has 41 heavy (non-hydrogen) atoms. The number of fused-ring (bicyclic) bond motifs is 1. The Balaban J connectivity index is 1.29. The first-order chi connectivity index (χ1) is 20.0. The van der Waals surface area contributed by atoms with Gasteiger partial charge in [0.25, 0.3) is 5.91 Å². The van der Waals surface area contributed by atoms with Crippen LogP contribution in [0.1, 0.15) is 67.6 Å². The zero-order valence-electron chi connectivity index (χ0n) is 23.8. The van der Waals surface area contributed by atoms with Gasteiger partial charge in [0.2, 0.25) is 0 Å². The van der Waals surface area contributed by atoms with Crippen molar-refractivity contribution < 1.29 is 9.18 Å². The van der Waals surface area contributed by atoms with E-state index in [1.165, 1.54) is 30.2 Å². The third kappa shape index (κ3) is 5.56. The average molecular weight is 549 g/mol. The van der Waals surface area contributed by atoms with Gasteiger partial charge in [0.05, 0.1) is 5.52 Å². The number of halogens is 1. The van der Waals surface area contributed by atoms with Gasteiger partial charge in [-0.25, -0.2) is 4.39 Å². The van der Waals surface area contributed by atoms with Crippen molar-refractivity contribution in [3.8, 4) is 11.1 Å². The second-order valence-electron chi connectivity index (χ2n) is 11.2. The number of likely N-dealkylation sites (tertiary alicyclic amines) is 1. The molecule has 1 fully saturated rings. The molecule has 1 aliphatic carbocycles. The van der Waals surface area contributed by atoms with Crippen molar-refractivity contribution in [2.75, 3.05) is 18.4 Å². The Labute approximate surface area is 241 Å². The average Bonchev–Trinajstić information content (AvgIpc) is 3.63. The summed E-state index contributed by atoms with van der Waals surface area (Å²) < 4.78 is 14.5. The second-order valence-corrected chi connectivity index (χ2v) is 11.2. The molecule has 4 aromatic rings. The first-order valence-electron chi connectivity index (χ1n) is 14.9. The smallest absolute Gasteiger partial charge is 0.276 e. The molecule has 1 unspecified atom stereocenters. The Morgan fingerprint density at radius 1 is 1.05 bits per heavy atom. The summed E-state index contributed by atoms with van der Waals surface area (Å²) in [7, 11) is 0. The van der Waals surface area contributed by atoms with Gasteiger partial charge in [0.15, 0.2) is 5.69 Å². The highest BCUT2D eigenvalue weighted by Gasteiger charge is 2.21. The summed E-state index contributed by atoms with van der Waals surface area (Å²) in [6, 6.07) is 18.7. The minimum absolute atomic E-state index is 0.255. The summed E-state index contributed by atoms with van der Waals surface area (Å²) in [5.41, 5.74) is 8.03. The van der Waals surface area contributed by atoms with Crippen LogP contribution in [-0.4, -0.2) is 34.1 Å². The lowest BCUT2D eigenvalue weighted by atomic mass is 9.91. The summed E-state index contributed by atoms with van der Waals surface area (Å²) in [4.78, 5) is 16.0. The fourth-order valence-corrected chi connectivity index (χ4v) is 6.17. The van der Waals surface area contributed by atoms with Gasteiger partial charge >= 0.3 is 0 Å². The molecule has 0 spiro atoms. The Morgan fingerprint density at radius 3 is 2.66 bits per heavy atom.